The minimum absolute atomic E-state index is 0.207. The molecule has 0 radical (unpaired) electrons. The number of unbranched alkanes of at least 4 members (excludes halogenated alkanes) is 1. The van der Waals surface area contributed by atoms with E-state index in [0.717, 1.165) is 18.5 Å². The van der Waals surface area contributed by atoms with Crippen molar-refractivity contribution in [2.24, 2.45) is 0 Å². The van der Waals surface area contributed by atoms with Gasteiger partial charge in [-0.3, -0.25) is 14.7 Å². The van der Waals surface area contributed by atoms with Gasteiger partial charge >= 0.3 is 0 Å². The maximum Gasteiger partial charge on any atom is 0.263 e. The molecule has 37 heavy (non-hydrogen) atoms. The number of aromatic nitrogens is 2. The summed E-state index contributed by atoms with van der Waals surface area (Å²) in [7, 11) is 3.07. The lowest BCUT2D eigenvalue weighted by molar-refractivity contribution is 0.0620. The van der Waals surface area contributed by atoms with E-state index in [1.165, 1.54) is 14.2 Å². The molecular formula is C28H34N4O5. The van der Waals surface area contributed by atoms with Crippen LogP contribution in [0.15, 0.2) is 42.6 Å². The van der Waals surface area contributed by atoms with Gasteiger partial charge in [0.2, 0.25) is 5.88 Å². The summed E-state index contributed by atoms with van der Waals surface area (Å²) in [6.45, 7) is 4.96. The van der Waals surface area contributed by atoms with Gasteiger partial charge < -0.3 is 24.6 Å². The van der Waals surface area contributed by atoms with Crippen LogP contribution < -0.4 is 9.47 Å². The third kappa shape index (κ3) is 5.61. The Morgan fingerprint density at radius 2 is 1.68 bits per heavy atom. The van der Waals surface area contributed by atoms with Crippen LogP contribution in [0.2, 0.25) is 0 Å². The lowest BCUT2D eigenvalue weighted by Gasteiger charge is -2.34. The van der Waals surface area contributed by atoms with Crippen molar-refractivity contribution in [1.29, 1.82) is 0 Å². The zero-order chi connectivity index (χ0) is 26.4. The van der Waals surface area contributed by atoms with Crippen molar-refractivity contribution in [3.05, 3.63) is 59.5 Å². The molecule has 1 fully saturated rings. The normalized spacial score (nSPS) is 14.0. The number of amides is 1. The molecule has 1 aliphatic rings. The minimum atomic E-state index is -0.470. The summed E-state index contributed by atoms with van der Waals surface area (Å²) in [6.07, 6.45) is 3.97. The van der Waals surface area contributed by atoms with Crippen LogP contribution in [0.4, 0.5) is 0 Å². The number of hydrogen-bond donors (Lipinski definition) is 2. The zero-order valence-corrected chi connectivity index (χ0v) is 21.6. The second-order valence-electron chi connectivity index (χ2n) is 9.01. The van der Waals surface area contributed by atoms with Crippen molar-refractivity contribution < 1.29 is 24.5 Å². The van der Waals surface area contributed by atoms with Crippen molar-refractivity contribution in [2.75, 3.05) is 40.4 Å². The molecule has 2 aromatic heterocycles. The Labute approximate surface area is 217 Å². The Bertz CT molecular complexity index is 1200. The Hall–Kier alpha value is -3.85. The molecular weight excluding hydrogens is 472 g/mol. The highest BCUT2D eigenvalue weighted by Gasteiger charge is 2.32. The predicted octanol–water partition coefficient (Wildman–Crippen LogP) is 3.87. The largest absolute Gasteiger partial charge is 0.506 e. The van der Waals surface area contributed by atoms with E-state index in [1.807, 2.05) is 18.2 Å². The number of carbonyl (C=O) groups excluding carboxylic acids is 1. The first-order valence-corrected chi connectivity index (χ1v) is 12.6. The Balaban J connectivity index is 1.67. The highest BCUT2D eigenvalue weighted by Crippen LogP contribution is 2.47. The van der Waals surface area contributed by atoms with Gasteiger partial charge in [0.15, 0.2) is 0 Å². The number of aromatic hydroxyl groups is 2. The molecule has 1 saturated heterocycles. The minimum Gasteiger partial charge on any atom is -0.506 e. The topological polar surface area (TPSA) is 108 Å². The number of benzene rings is 1. The van der Waals surface area contributed by atoms with Gasteiger partial charge in [-0.2, -0.15) is 0 Å². The van der Waals surface area contributed by atoms with Crippen molar-refractivity contribution >= 4 is 5.91 Å². The maximum atomic E-state index is 13.6. The van der Waals surface area contributed by atoms with Crippen LogP contribution in [0.5, 0.6) is 23.1 Å². The number of pyridine rings is 2. The summed E-state index contributed by atoms with van der Waals surface area (Å²) >= 11 is 0. The van der Waals surface area contributed by atoms with Gasteiger partial charge in [-0.15, -0.1) is 0 Å². The van der Waals surface area contributed by atoms with E-state index in [2.05, 4.69) is 21.8 Å². The predicted molar refractivity (Wildman–Crippen MR) is 140 cm³/mol. The van der Waals surface area contributed by atoms with Crippen molar-refractivity contribution in [3.8, 4) is 34.3 Å². The standard InChI is InChI=1S/C28H34N4O5/c1-4-5-10-20-23(24-21(36-2)11-8-12-22(24)37-3)26(33)25(27(34)30-20)28(35)32-16-14-31(15-17-32)18-19-9-6-7-13-29-19/h6-9,11-13H,4-5,10,14-18H2,1-3H3,(H2,30,33,34). The molecule has 0 unspecified atom stereocenters. The third-order valence-electron chi connectivity index (χ3n) is 6.66. The smallest absolute Gasteiger partial charge is 0.263 e. The van der Waals surface area contributed by atoms with Crippen molar-refractivity contribution in [1.82, 2.24) is 19.8 Å². The quantitative estimate of drug-likeness (QED) is 0.450. The highest BCUT2D eigenvalue weighted by molar-refractivity contribution is 6.02. The first-order chi connectivity index (χ1) is 18.0. The van der Waals surface area contributed by atoms with E-state index in [1.54, 1.807) is 29.3 Å². The molecule has 0 spiro atoms. The highest BCUT2D eigenvalue weighted by atomic mass is 16.5. The molecule has 4 rings (SSSR count). The average Bonchev–Trinajstić information content (AvgIpc) is 2.92. The molecule has 0 saturated carbocycles. The van der Waals surface area contributed by atoms with E-state index in [-0.39, 0.29) is 11.3 Å². The van der Waals surface area contributed by atoms with E-state index < -0.39 is 11.8 Å². The first kappa shape index (κ1) is 26.2. The van der Waals surface area contributed by atoms with Gasteiger partial charge in [-0.25, -0.2) is 4.98 Å². The molecule has 196 valence electrons. The van der Waals surface area contributed by atoms with Crippen molar-refractivity contribution in [3.63, 3.8) is 0 Å². The van der Waals surface area contributed by atoms with Gasteiger partial charge in [0, 0.05) is 38.9 Å². The number of nitrogens with zero attached hydrogens (tertiary/aromatic N) is 4. The lowest BCUT2D eigenvalue weighted by Crippen LogP contribution is -2.48. The van der Waals surface area contributed by atoms with Crippen LogP contribution in [-0.4, -0.2) is 76.3 Å². The Kier molecular flexibility index (Phi) is 8.45. The second kappa shape index (κ2) is 11.9. The molecule has 0 aliphatic carbocycles. The van der Waals surface area contributed by atoms with E-state index in [0.29, 0.717) is 67.5 Å². The number of aryl methyl sites for hydroxylation is 1. The number of ether oxygens (including phenoxy) is 2. The summed E-state index contributed by atoms with van der Waals surface area (Å²) < 4.78 is 11.2. The maximum absolute atomic E-state index is 13.6. The van der Waals surface area contributed by atoms with E-state index >= 15 is 0 Å². The molecule has 0 bridgehead atoms. The summed E-state index contributed by atoms with van der Waals surface area (Å²) in [5.74, 6) is -0.301. The van der Waals surface area contributed by atoms with Crippen molar-refractivity contribution in [2.45, 2.75) is 32.7 Å². The molecule has 0 atom stereocenters. The molecule has 9 nitrogen and oxygen atoms in total. The van der Waals surface area contributed by atoms with Crippen LogP contribution in [0, 0.1) is 0 Å². The molecule has 1 aliphatic heterocycles. The molecule has 3 aromatic rings. The number of piperazine rings is 1. The van der Waals surface area contributed by atoms with Crippen LogP contribution >= 0.6 is 0 Å². The van der Waals surface area contributed by atoms with Gasteiger partial charge in [-0.05, 0) is 37.1 Å². The Morgan fingerprint density at radius 1 is 0.973 bits per heavy atom. The number of hydrogen-bond acceptors (Lipinski definition) is 8. The van der Waals surface area contributed by atoms with Gasteiger partial charge in [0.25, 0.3) is 5.91 Å². The summed E-state index contributed by atoms with van der Waals surface area (Å²) in [6, 6.07) is 11.1. The molecule has 3 heterocycles. The average molecular weight is 507 g/mol. The summed E-state index contributed by atoms with van der Waals surface area (Å²) in [5.41, 5.74) is 2.09. The molecule has 1 amide bonds. The fraction of sp³-hybridized carbons (Fsp3) is 0.393. The zero-order valence-electron chi connectivity index (χ0n) is 21.6. The van der Waals surface area contributed by atoms with E-state index in [4.69, 9.17) is 9.47 Å². The summed E-state index contributed by atoms with van der Waals surface area (Å²) in [5, 5.41) is 22.4. The van der Waals surface area contributed by atoms with Crippen LogP contribution in [0.25, 0.3) is 11.1 Å². The van der Waals surface area contributed by atoms with Gasteiger partial charge in [-0.1, -0.05) is 25.5 Å². The third-order valence-corrected chi connectivity index (χ3v) is 6.66. The number of rotatable bonds is 9. The second-order valence-corrected chi connectivity index (χ2v) is 9.01. The van der Waals surface area contributed by atoms with Crippen LogP contribution in [0.1, 0.15) is 41.5 Å². The van der Waals surface area contributed by atoms with E-state index in [9.17, 15) is 15.0 Å². The fourth-order valence-electron chi connectivity index (χ4n) is 4.68. The fourth-order valence-corrected chi connectivity index (χ4v) is 4.68. The van der Waals surface area contributed by atoms with Gasteiger partial charge in [0.05, 0.1) is 36.7 Å². The number of methoxy groups -OCH3 is 2. The first-order valence-electron chi connectivity index (χ1n) is 12.6. The Morgan fingerprint density at radius 3 is 2.27 bits per heavy atom. The van der Waals surface area contributed by atoms with Crippen LogP contribution in [-0.2, 0) is 13.0 Å². The molecule has 1 aromatic carbocycles. The van der Waals surface area contributed by atoms with Gasteiger partial charge in [0.1, 0.15) is 22.8 Å². The molecule has 9 heteroatoms. The summed E-state index contributed by atoms with van der Waals surface area (Å²) in [4.78, 5) is 26.2. The van der Waals surface area contributed by atoms with Crippen LogP contribution in [0.3, 0.4) is 0 Å². The number of carbonyl (C=O) groups is 1. The SMILES string of the molecule is CCCCc1nc(O)c(C(=O)N2CCN(Cc3ccccn3)CC2)c(O)c1-c1c(OC)cccc1OC. The molecule has 2 N–H and O–H groups in total. The monoisotopic (exact) mass is 506 g/mol. The lowest BCUT2D eigenvalue weighted by atomic mass is 9.95.